The highest BCUT2D eigenvalue weighted by Crippen LogP contribution is 2.37. The lowest BCUT2D eigenvalue weighted by Gasteiger charge is -2.22. The number of nitrogens with zero attached hydrogens (tertiary/aromatic N) is 4. The molecule has 0 N–H and O–H groups in total. The van der Waals surface area contributed by atoms with Crippen molar-refractivity contribution < 1.29 is 35.9 Å². The van der Waals surface area contributed by atoms with E-state index in [-0.39, 0.29) is 33.9 Å². The van der Waals surface area contributed by atoms with Gasteiger partial charge in [-0.25, -0.2) is 4.98 Å². The second kappa shape index (κ2) is 11.2. The van der Waals surface area contributed by atoms with Crippen molar-refractivity contribution in [3.8, 4) is 17.3 Å². The quantitative estimate of drug-likeness (QED) is 0.247. The largest absolute Gasteiger partial charge is 0.444 e. The van der Waals surface area contributed by atoms with Crippen LogP contribution < -0.4 is 4.74 Å². The van der Waals surface area contributed by atoms with E-state index in [0.717, 1.165) is 4.90 Å². The third-order valence-corrected chi connectivity index (χ3v) is 5.87. The van der Waals surface area contributed by atoms with Crippen LogP contribution in [-0.4, -0.2) is 53.0 Å². The van der Waals surface area contributed by atoms with E-state index in [0.29, 0.717) is 17.7 Å². The number of hydrogen-bond acceptors (Lipinski definition) is 5. The Kier molecular flexibility index (Phi) is 8.57. The first-order valence-electron chi connectivity index (χ1n) is 11.1. The molecule has 0 spiro atoms. The van der Waals surface area contributed by atoms with E-state index in [1.54, 1.807) is 50.2 Å². The average Bonchev–Trinajstić information content (AvgIpc) is 2.82. The maximum absolute atomic E-state index is 13.4. The van der Waals surface area contributed by atoms with Crippen LogP contribution in [0.5, 0.6) is 6.01 Å². The number of ether oxygens (including phenoxy) is 1. The van der Waals surface area contributed by atoms with E-state index in [9.17, 15) is 31.1 Å². The fourth-order valence-corrected chi connectivity index (χ4v) is 3.58. The van der Waals surface area contributed by atoms with Crippen LogP contribution in [0.1, 0.15) is 34.0 Å². The van der Waals surface area contributed by atoms with Gasteiger partial charge in [-0.05, 0) is 50.8 Å². The van der Waals surface area contributed by atoms with Crippen molar-refractivity contribution in [2.45, 2.75) is 32.0 Å². The molecule has 1 atom stereocenters. The predicted molar refractivity (Wildman–Crippen MR) is 128 cm³/mol. The van der Waals surface area contributed by atoms with Crippen molar-refractivity contribution in [1.29, 1.82) is 0 Å². The van der Waals surface area contributed by atoms with Gasteiger partial charge in [0.1, 0.15) is 0 Å². The molecule has 0 saturated heterocycles. The number of rotatable bonds is 7. The molecule has 3 aromatic rings. The van der Waals surface area contributed by atoms with E-state index >= 15 is 0 Å². The maximum Gasteiger partial charge on any atom is 0.416 e. The van der Waals surface area contributed by atoms with Gasteiger partial charge in [-0.2, -0.15) is 31.3 Å². The molecule has 6 nitrogen and oxygen atoms in total. The van der Waals surface area contributed by atoms with Crippen LogP contribution >= 0.6 is 11.6 Å². The summed E-state index contributed by atoms with van der Waals surface area (Å²) in [5.41, 5.74) is -2.94. The minimum Gasteiger partial charge on any atom is -0.444 e. The molecule has 0 aliphatic carbocycles. The highest BCUT2D eigenvalue weighted by Gasteiger charge is 2.37. The summed E-state index contributed by atoms with van der Waals surface area (Å²) in [6.07, 6.45) is -9.27. The number of amides is 1. The molecule has 1 aromatic heterocycles. The Morgan fingerprint density at radius 3 is 2.11 bits per heavy atom. The Labute approximate surface area is 219 Å². The van der Waals surface area contributed by atoms with Crippen molar-refractivity contribution >= 4 is 17.5 Å². The summed E-state index contributed by atoms with van der Waals surface area (Å²) in [6.45, 7) is 1.19. The molecule has 0 aliphatic rings. The van der Waals surface area contributed by atoms with E-state index in [1.807, 2.05) is 0 Å². The van der Waals surface area contributed by atoms with E-state index < -0.39 is 42.2 Å². The number of carbonyl (C=O) groups excluding carboxylic acids is 1. The summed E-state index contributed by atoms with van der Waals surface area (Å²) in [5.74, 6) is -0.752. The lowest BCUT2D eigenvalue weighted by Crippen LogP contribution is -2.31. The second-order valence-electron chi connectivity index (χ2n) is 8.65. The average molecular weight is 561 g/mol. The minimum absolute atomic E-state index is 0.0299. The third kappa shape index (κ3) is 6.93. The fourth-order valence-electron chi connectivity index (χ4n) is 3.36. The second-order valence-corrected chi connectivity index (χ2v) is 9.06. The molecule has 2 aromatic carbocycles. The normalized spacial score (nSPS) is 12.9. The van der Waals surface area contributed by atoms with Crippen molar-refractivity contribution in [3.05, 3.63) is 75.9 Å². The number of benzene rings is 2. The smallest absolute Gasteiger partial charge is 0.416 e. The number of halogens is 7. The van der Waals surface area contributed by atoms with Crippen LogP contribution in [0.2, 0.25) is 5.02 Å². The van der Waals surface area contributed by atoms with Gasteiger partial charge in [0, 0.05) is 30.4 Å². The molecule has 3 rings (SSSR count). The van der Waals surface area contributed by atoms with Crippen LogP contribution in [-0.2, 0) is 18.9 Å². The zero-order valence-electron chi connectivity index (χ0n) is 20.7. The van der Waals surface area contributed by atoms with Crippen LogP contribution in [0.4, 0.5) is 26.3 Å². The van der Waals surface area contributed by atoms with Crippen molar-refractivity contribution in [3.63, 3.8) is 0 Å². The van der Waals surface area contributed by atoms with Crippen molar-refractivity contribution in [2.75, 3.05) is 21.1 Å². The standard InChI is InChI=1S/C25H23ClF6N4O2/c1-14(35(2)3)38-23-33-12-19(21(34-23)18-7-5-6-8-20(18)26)22(37)36(4)13-15-9-16(24(27,28)29)11-17(10-15)25(30,31)32/h5-12,14H,13H2,1-4H3. The van der Waals surface area contributed by atoms with E-state index in [1.165, 1.54) is 13.2 Å². The number of aromatic nitrogens is 2. The van der Waals surface area contributed by atoms with Gasteiger partial charge in [-0.3, -0.25) is 9.69 Å². The molecule has 0 bridgehead atoms. The molecule has 0 saturated carbocycles. The van der Waals surface area contributed by atoms with Crippen LogP contribution in [0.3, 0.4) is 0 Å². The van der Waals surface area contributed by atoms with E-state index in [2.05, 4.69) is 9.97 Å². The lowest BCUT2D eigenvalue weighted by molar-refractivity contribution is -0.143. The summed E-state index contributed by atoms with van der Waals surface area (Å²) in [7, 11) is 4.78. The Bertz CT molecular complexity index is 1280. The molecule has 204 valence electrons. The lowest BCUT2D eigenvalue weighted by atomic mass is 10.0. The van der Waals surface area contributed by atoms with Crippen molar-refractivity contribution in [1.82, 2.24) is 19.8 Å². The molecular weight excluding hydrogens is 538 g/mol. The van der Waals surface area contributed by atoms with Gasteiger partial charge in [0.05, 0.1) is 22.4 Å². The minimum atomic E-state index is -5.01. The first kappa shape index (κ1) is 29.2. The zero-order chi connectivity index (χ0) is 28.4. The molecule has 1 unspecified atom stereocenters. The van der Waals surface area contributed by atoms with Gasteiger partial charge >= 0.3 is 18.4 Å². The molecule has 0 aliphatic heterocycles. The summed E-state index contributed by atoms with van der Waals surface area (Å²) >= 11 is 6.33. The highest BCUT2D eigenvalue weighted by molar-refractivity contribution is 6.33. The fraction of sp³-hybridized carbons (Fsp3) is 0.320. The van der Waals surface area contributed by atoms with Crippen molar-refractivity contribution in [2.24, 2.45) is 0 Å². The Balaban J connectivity index is 2.02. The first-order valence-corrected chi connectivity index (χ1v) is 11.4. The van der Waals surface area contributed by atoms with Gasteiger partial charge in [0.15, 0.2) is 6.23 Å². The number of alkyl halides is 6. The molecule has 1 heterocycles. The van der Waals surface area contributed by atoms with E-state index in [4.69, 9.17) is 16.3 Å². The number of hydrogen-bond donors (Lipinski definition) is 0. The number of carbonyl (C=O) groups is 1. The summed E-state index contributed by atoms with van der Waals surface area (Å²) in [4.78, 5) is 24.5. The Hall–Kier alpha value is -3.38. The summed E-state index contributed by atoms with van der Waals surface area (Å²) in [5, 5.41) is 0.252. The molecule has 38 heavy (non-hydrogen) atoms. The molecule has 0 radical (unpaired) electrons. The Morgan fingerprint density at radius 1 is 1.00 bits per heavy atom. The van der Waals surface area contributed by atoms with Crippen LogP contribution in [0.15, 0.2) is 48.7 Å². The molecule has 13 heteroatoms. The van der Waals surface area contributed by atoms with Crippen LogP contribution in [0, 0.1) is 0 Å². The van der Waals surface area contributed by atoms with Gasteiger partial charge in [-0.15, -0.1) is 0 Å². The monoisotopic (exact) mass is 560 g/mol. The summed E-state index contributed by atoms with van der Waals surface area (Å²) < 4.78 is 85.3. The van der Waals surface area contributed by atoms with Gasteiger partial charge in [0.2, 0.25) is 0 Å². The van der Waals surface area contributed by atoms with Crippen LogP contribution in [0.25, 0.3) is 11.3 Å². The maximum atomic E-state index is 13.4. The first-order chi connectivity index (χ1) is 17.6. The molecular formula is C25H23ClF6N4O2. The predicted octanol–water partition coefficient (Wildman–Crippen LogP) is 6.39. The molecule has 1 amide bonds. The van der Waals surface area contributed by atoms with Gasteiger partial charge < -0.3 is 9.64 Å². The SMILES string of the molecule is CC(Oc1ncc(C(=O)N(C)Cc2cc(C(F)(F)F)cc(C(F)(F)F)c2)c(-c2ccccc2Cl)n1)N(C)C. The Morgan fingerprint density at radius 2 is 1.58 bits per heavy atom. The molecule has 0 fully saturated rings. The third-order valence-electron chi connectivity index (χ3n) is 5.54. The zero-order valence-corrected chi connectivity index (χ0v) is 21.4. The summed E-state index contributed by atoms with van der Waals surface area (Å²) in [6, 6.07) is 7.61. The van der Waals surface area contributed by atoms with Gasteiger partial charge in [-0.1, -0.05) is 29.8 Å². The highest BCUT2D eigenvalue weighted by atomic mass is 35.5. The van der Waals surface area contributed by atoms with Gasteiger partial charge in [0.25, 0.3) is 5.91 Å². The topological polar surface area (TPSA) is 58.6 Å².